The Balaban J connectivity index is 1.50. The van der Waals surface area contributed by atoms with E-state index in [-0.39, 0.29) is 23.3 Å². The average molecular weight is 435 g/mol. The van der Waals surface area contributed by atoms with E-state index in [4.69, 9.17) is 4.74 Å². The highest BCUT2D eigenvalue weighted by molar-refractivity contribution is 5.95. The lowest BCUT2D eigenvalue weighted by molar-refractivity contribution is -0.131. The summed E-state index contributed by atoms with van der Waals surface area (Å²) in [5, 5.41) is 0. The van der Waals surface area contributed by atoms with Gasteiger partial charge in [0.2, 0.25) is 5.91 Å². The minimum absolute atomic E-state index is 0.0995. The molecule has 1 spiro atoms. The van der Waals surface area contributed by atoms with Crippen LogP contribution in [0.1, 0.15) is 66.9 Å². The second kappa shape index (κ2) is 9.35. The van der Waals surface area contributed by atoms with Crippen molar-refractivity contribution in [3.8, 4) is 5.75 Å². The predicted molar refractivity (Wildman–Crippen MR) is 126 cm³/mol. The summed E-state index contributed by atoms with van der Waals surface area (Å²) in [6.07, 6.45) is 2.91. The molecule has 0 radical (unpaired) electrons. The summed E-state index contributed by atoms with van der Waals surface area (Å²) in [5.41, 5.74) is 2.61. The molecule has 0 aliphatic carbocycles. The lowest BCUT2D eigenvalue weighted by Crippen LogP contribution is -2.52. The smallest absolute Gasteiger partial charge is 0.254 e. The molecule has 0 aromatic heterocycles. The molecule has 1 saturated heterocycles. The zero-order valence-corrected chi connectivity index (χ0v) is 19.5. The highest BCUT2D eigenvalue weighted by Crippen LogP contribution is 2.46. The number of likely N-dealkylation sites (tertiary alicyclic amines) is 1. The molecule has 170 valence electrons. The van der Waals surface area contributed by atoms with E-state index in [2.05, 4.69) is 6.07 Å². The highest BCUT2D eigenvalue weighted by atomic mass is 16.5. The van der Waals surface area contributed by atoms with Crippen molar-refractivity contribution in [3.63, 3.8) is 0 Å². The van der Waals surface area contributed by atoms with Crippen LogP contribution < -0.4 is 4.74 Å². The number of amides is 2. The number of aryl methyl sites for hydroxylation is 1. The van der Waals surface area contributed by atoms with E-state index in [1.165, 1.54) is 0 Å². The molecule has 0 bridgehead atoms. The summed E-state index contributed by atoms with van der Waals surface area (Å²) in [4.78, 5) is 29.9. The van der Waals surface area contributed by atoms with Crippen LogP contribution in [-0.4, -0.2) is 53.4 Å². The molecule has 2 heterocycles. The summed E-state index contributed by atoms with van der Waals surface area (Å²) in [6, 6.07) is 15.9. The van der Waals surface area contributed by atoms with Crippen molar-refractivity contribution in [1.82, 2.24) is 9.80 Å². The highest BCUT2D eigenvalue weighted by Gasteiger charge is 2.44. The Morgan fingerprint density at radius 3 is 2.38 bits per heavy atom. The molecule has 2 aromatic carbocycles. The second-order valence-corrected chi connectivity index (χ2v) is 9.10. The van der Waals surface area contributed by atoms with Crippen molar-refractivity contribution in [2.24, 2.45) is 0 Å². The quantitative estimate of drug-likeness (QED) is 0.680. The average Bonchev–Trinajstić information content (AvgIpc) is 2.80. The Kier molecular flexibility index (Phi) is 6.54. The summed E-state index contributed by atoms with van der Waals surface area (Å²) < 4.78 is 6.58. The Hall–Kier alpha value is -2.82. The molecule has 0 unspecified atom stereocenters. The number of para-hydroxylation sites is 1. The van der Waals surface area contributed by atoms with Crippen molar-refractivity contribution >= 4 is 11.8 Å². The molecule has 1 atom stereocenters. The number of carbonyl (C=O) groups is 2. The van der Waals surface area contributed by atoms with Crippen molar-refractivity contribution < 1.29 is 14.3 Å². The predicted octanol–water partition coefficient (Wildman–Crippen LogP) is 4.79. The minimum atomic E-state index is -0.314. The lowest BCUT2D eigenvalue weighted by Gasteiger charge is -2.47. The first-order valence-electron chi connectivity index (χ1n) is 11.9. The molecule has 32 heavy (non-hydrogen) atoms. The first-order valence-corrected chi connectivity index (χ1v) is 11.9. The fourth-order valence-corrected chi connectivity index (χ4v) is 5.25. The lowest BCUT2D eigenvalue weighted by atomic mass is 9.76. The fraction of sp³-hybridized carbons (Fsp3) is 0.481. The fourth-order valence-electron chi connectivity index (χ4n) is 5.25. The van der Waals surface area contributed by atoms with Crippen molar-refractivity contribution in [2.45, 2.75) is 58.0 Å². The van der Waals surface area contributed by atoms with Crippen LogP contribution in [0.25, 0.3) is 0 Å². The van der Waals surface area contributed by atoms with E-state index in [0.717, 1.165) is 54.8 Å². The van der Waals surface area contributed by atoms with Crippen LogP contribution in [0.2, 0.25) is 0 Å². The van der Waals surface area contributed by atoms with E-state index in [9.17, 15) is 9.59 Å². The van der Waals surface area contributed by atoms with Crippen molar-refractivity contribution in [1.29, 1.82) is 0 Å². The first-order chi connectivity index (χ1) is 15.5. The molecule has 2 aliphatic rings. The largest absolute Gasteiger partial charge is 0.487 e. The SMILES string of the molecule is CCN(CC)C(=O)C[C@@H]1CC2(CCN(C(=O)c3ccccc3C)CC2)Oc2ccccc21. The molecule has 2 aromatic rings. The van der Waals surface area contributed by atoms with Gasteiger partial charge in [-0.3, -0.25) is 9.59 Å². The molecule has 0 saturated carbocycles. The maximum absolute atomic E-state index is 13.1. The van der Waals surface area contributed by atoms with Crippen LogP contribution in [0, 0.1) is 6.92 Å². The van der Waals surface area contributed by atoms with Gasteiger partial charge in [-0.1, -0.05) is 36.4 Å². The van der Waals surface area contributed by atoms with Crippen LogP contribution >= 0.6 is 0 Å². The molecular weight excluding hydrogens is 400 g/mol. The van der Waals surface area contributed by atoms with E-state index in [1.54, 1.807) is 0 Å². The summed E-state index contributed by atoms with van der Waals surface area (Å²) in [7, 11) is 0. The van der Waals surface area contributed by atoms with Gasteiger partial charge in [0.15, 0.2) is 0 Å². The number of hydrogen-bond acceptors (Lipinski definition) is 3. The monoisotopic (exact) mass is 434 g/mol. The zero-order chi connectivity index (χ0) is 22.7. The van der Waals surface area contributed by atoms with E-state index < -0.39 is 0 Å². The zero-order valence-electron chi connectivity index (χ0n) is 19.5. The van der Waals surface area contributed by atoms with Gasteiger partial charge in [-0.25, -0.2) is 0 Å². The topological polar surface area (TPSA) is 49.9 Å². The molecule has 2 amide bonds. The Morgan fingerprint density at radius 1 is 1.03 bits per heavy atom. The number of piperidine rings is 1. The van der Waals surface area contributed by atoms with Gasteiger partial charge in [0.05, 0.1) is 0 Å². The van der Waals surface area contributed by atoms with Gasteiger partial charge in [0, 0.05) is 56.9 Å². The maximum atomic E-state index is 13.1. The normalized spacial score (nSPS) is 19.2. The van der Waals surface area contributed by atoms with Gasteiger partial charge in [-0.2, -0.15) is 0 Å². The molecular formula is C27H34N2O3. The maximum Gasteiger partial charge on any atom is 0.254 e. The Labute approximate surface area is 191 Å². The standard InChI is InChI=1S/C27H34N2O3/c1-4-28(5-2)25(30)18-21-19-27(32-24-13-9-8-12-23(21)24)14-16-29(17-15-27)26(31)22-11-7-6-10-20(22)3/h6-13,21H,4-5,14-19H2,1-3H3/t21-/m1/s1. The van der Waals surface area contributed by atoms with Gasteiger partial charge in [-0.05, 0) is 50.5 Å². The van der Waals surface area contributed by atoms with Crippen LogP contribution in [0.4, 0.5) is 0 Å². The van der Waals surface area contributed by atoms with E-state index in [1.807, 2.05) is 73.0 Å². The molecule has 4 rings (SSSR count). The number of carbonyl (C=O) groups excluding carboxylic acids is 2. The molecule has 1 fully saturated rings. The molecule has 5 heteroatoms. The third kappa shape index (κ3) is 4.38. The van der Waals surface area contributed by atoms with Gasteiger partial charge < -0.3 is 14.5 Å². The van der Waals surface area contributed by atoms with Crippen LogP contribution in [0.15, 0.2) is 48.5 Å². The van der Waals surface area contributed by atoms with Gasteiger partial charge in [0.25, 0.3) is 5.91 Å². The number of nitrogens with zero attached hydrogens (tertiary/aromatic N) is 2. The van der Waals surface area contributed by atoms with Gasteiger partial charge in [0.1, 0.15) is 11.4 Å². The third-order valence-electron chi connectivity index (χ3n) is 7.18. The number of fused-ring (bicyclic) bond motifs is 1. The van der Waals surface area contributed by atoms with Crippen molar-refractivity contribution in [3.05, 3.63) is 65.2 Å². The number of benzene rings is 2. The van der Waals surface area contributed by atoms with Crippen LogP contribution in [0.5, 0.6) is 5.75 Å². The Morgan fingerprint density at radius 2 is 1.69 bits per heavy atom. The van der Waals surface area contributed by atoms with Crippen LogP contribution in [0.3, 0.4) is 0 Å². The summed E-state index contributed by atoms with van der Waals surface area (Å²) in [6.45, 7) is 8.86. The third-order valence-corrected chi connectivity index (χ3v) is 7.18. The number of hydrogen-bond donors (Lipinski definition) is 0. The first kappa shape index (κ1) is 22.4. The van der Waals surface area contributed by atoms with E-state index >= 15 is 0 Å². The summed E-state index contributed by atoms with van der Waals surface area (Å²) >= 11 is 0. The van der Waals surface area contributed by atoms with Gasteiger partial charge >= 0.3 is 0 Å². The summed E-state index contributed by atoms with van der Waals surface area (Å²) in [5.74, 6) is 1.35. The van der Waals surface area contributed by atoms with Crippen LogP contribution in [-0.2, 0) is 4.79 Å². The minimum Gasteiger partial charge on any atom is -0.487 e. The molecule has 0 N–H and O–H groups in total. The Bertz CT molecular complexity index is 974. The van der Waals surface area contributed by atoms with Gasteiger partial charge in [-0.15, -0.1) is 0 Å². The molecule has 2 aliphatic heterocycles. The molecule has 5 nitrogen and oxygen atoms in total. The number of ether oxygens (including phenoxy) is 1. The second-order valence-electron chi connectivity index (χ2n) is 9.10. The van der Waals surface area contributed by atoms with Crippen molar-refractivity contribution in [2.75, 3.05) is 26.2 Å². The number of rotatable bonds is 5. The van der Waals surface area contributed by atoms with E-state index in [0.29, 0.717) is 19.5 Å².